The molecule has 0 aliphatic carbocycles. The lowest BCUT2D eigenvalue weighted by molar-refractivity contribution is 0.565. The Bertz CT molecular complexity index is 691. The number of aromatic nitrogens is 2. The molecule has 5 nitrogen and oxygen atoms in total. The summed E-state index contributed by atoms with van der Waals surface area (Å²) < 4.78 is 28.4. The van der Waals surface area contributed by atoms with Crippen molar-refractivity contribution >= 4 is 33.0 Å². The maximum atomic E-state index is 12.2. The Morgan fingerprint density at radius 2 is 2.16 bits per heavy atom. The second kappa shape index (κ2) is 5.24. The lowest BCUT2D eigenvalue weighted by Gasteiger charge is -2.11. The molecule has 0 aliphatic heterocycles. The van der Waals surface area contributed by atoms with Crippen LogP contribution >= 0.6 is 22.9 Å². The number of hydrogen-bond acceptors (Lipinski definition) is 4. The fraction of sp³-hybridized carbons (Fsp3) is 0.364. The first kappa shape index (κ1) is 14.5. The van der Waals surface area contributed by atoms with Gasteiger partial charge in [0.05, 0.1) is 12.4 Å². The van der Waals surface area contributed by atoms with Crippen LogP contribution in [0.15, 0.2) is 23.5 Å². The van der Waals surface area contributed by atoms with E-state index in [1.807, 2.05) is 19.1 Å². The molecule has 0 aliphatic rings. The molecule has 0 radical (unpaired) electrons. The Balaban J connectivity index is 2.25. The fourth-order valence-electron chi connectivity index (χ4n) is 1.61. The number of nitrogens with one attached hydrogen (secondary N) is 1. The molecule has 0 aromatic carbocycles. The summed E-state index contributed by atoms with van der Waals surface area (Å²) >= 11 is 7.47. The largest absolute Gasteiger partial charge is 0.324 e. The molecule has 1 atom stereocenters. The van der Waals surface area contributed by atoms with Gasteiger partial charge in [-0.15, -0.1) is 11.3 Å². The summed E-state index contributed by atoms with van der Waals surface area (Å²) in [4.78, 5) is 5.91. The minimum Gasteiger partial charge on any atom is -0.324 e. The van der Waals surface area contributed by atoms with E-state index in [1.54, 1.807) is 25.3 Å². The van der Waals surface area contributed by atoms with Crippen LogP contribution in [0.1, 0.15) is 22.7 Å². The van der Waals surface area contributed by atoms with E-state index < -0.39 is 10.0 Å². The Hall–Kier alpha value is -0.890. The summed E-state index contributed by atoms with van der Waals surface area (Å²) in [6.07, 6.45) is 1.37. The third-order valence-corrected chi connectivity index (χ3v) is 5.82. The Labute approximate surface area is 121 Å². The van der Waals surface area contributed by atoms with Crippen molar-refractivity contribution in [3.05, 3.63) is 33.4 Å². The summed E-state index contributed by atoms with van der Waals surface area (Å²) in [7, 11) is -2.08. The molecule has 0 spiro atoms. The van der Waals surface area contributed by atoms with Crippen LogP contribution in [-0.4, -0.2) is 18.0 Å². The minimum atomic E-state index is -3.72. The van der Waals surface area contributed by atoms with Gasteiger partial charge in [-0.1, -0.05) is 11.6 Å². The molecule has 1 N–H and O–H groups in total. The monoisotopic (exact) mass is 319 g/mol. The summed E-state index contributed by atoms with van der Waals surface area (Å²) in [5.41, 5.74) is 0. The third-order valence-electron chi connectivity index (χ3n) is 2.61. The first-order valence-corrected chi connectivity index (χ1v) is 8.24. The molecule has 2 heterocycles. The number of sulfonamides is 1. The number of thiophene rings is 1. The van der Waals surface area contributed by atoms with E-state index in [4.69, 9.17) is 11.6 Å². The lowest BCUT2D eigenvalue weighted by Crippen LogP contribution is -2.27. The summed E-state index contributed by atoms with van der Waals surface area (Å²) in [5, 5.41) is -0.0427. The van der Waals surface area contributed by atoms with Crippen molar-refractivity contribution in [1.82, 2.24) is 14.3 Å². The van der Waals surface area contributed by atoms with Crippen LogP contribution in [0.5, 0.6) is 0 Å². The zero-order valence-corrected chi connectivity index (χ0v) is 13.1. The van der Waals surface area contributed by atoms with Gasteiger partial charge < -0.3 is 4.57 Å². The minimum absolute atomic E-state index is 0.0991. The number of halogens is 1. The predicted molar refractivity (Wildman–Crippen MR) is 76.0 cm³/mol. The van der Waals surface area contributed by atoms with E-state index in [0.29, 0.717) is 0 Å². The van der Waals surface area contributed by atoms with E-state index >= 15 is 0 Å². The van der Waals surface area contributed by atoms with Gasteiger partial charge in [-0.05, 0) is 26.0 Å². The highest BCUT2D eigenvalue weighted by molar-refractivity contribution is 7.89. The van der Waals surface area contributed by atoms with Crippen molar-refractivity contribution in [3.63, 3.8) is 0 Å². The van der Waals surface area contributed by atoms with Crippen LogP contribution in [0, 0.1) is 6.92 Å². The van der Waals surface area contributed by atoms with E-state index in [-0.39, 0.29) is 16.2 Å². The van der Waals surface area contributed by atoms with Crippen LogP contribution in [0.4, 0.5) is 0 Å². The highest BCUT2D eigenvalue weighted by Gasteiger charge is 2.25. The summed E-state index contributed by atoms with van der Waals surface area (Å²) in [6.45, 7) is 3.77. The quantitative estimate of drug-likeness (QED) is 0.941. The highest BCUT2D eigenvalue weighted by atomic mass is 35.5. The molecule has 0 bridgehead atoms. The van der Waals surface area contributed by atoms with Gasteiger partial charge in [-0.2, -0.15) is 0 Å². The maximum absolute atomic E-state index is 12.2. The Morgan fingerprint density at radius 1 is 1.47 bits per heavy atom. The lowest BCUT2D eigenvalue weighted by atomic mass is 10.3. The second-order valence-electron chi connectivity index (χ2n) is 4.24. The molecular weight excluding hydrogens is 306 g/mol. The molecule has 2 aromatic heterocycles. The average molecular weight is 320 g/mol. The molecule has 0 saturated carbocycles. The van der Waals surface area contributed by atoms with Gasteiger partial charge in [0, 0.05) is 16.8 Å². The fourth-order valence-corrected chi connectivity index (χ4v) is 4.21. The van der Waals surface area contributed by atoms with Crippen LogP contribution in [0.2, 0.25) is 5.15 Å². The smallest absolute Gasteiger partial charge is 0.261 e. The first-order chi connectivity index (χ1) is 8.81. The van der Waals surface area contributed by atoms with Crippen LogP contribution < -0.4 is 4.72 Å². The molecular formula is C11H14ClN3O2S2. The molecule has 8 heteroatoms. The molecule has 2 rings (SSSR count). The molecule has 2 aromatic rings. The van der Waals surface area contributed by atoms with Crippen molar-refractivity contribution in [1.29, 1.82) is 0 Å². The summed E-state index contributed by atoms with van der Waals surface area (Å²) in [5.74, 6) is 0. The molecule has 0 amide bonds. The van der Waals surface area contributed by atoms with Gasteiger partial charge >= 0.3 is 0 Å². The van der Waals surface area contributed by atoms with Gasteiger partial charge in [0.1, 0.15) is 5.15 Å². The Kier molecular flexibility index (Phi) is 4.00. The number of hydrogen-bond donors (Lipinski definition) is 1. The highest BCUT2D eigenvalue weighted by Crippen LogP contribution is 2.25. The van der Waals surface area contributed by atoms with Crippen LogP contribution in [0.25, 0.3) is 0 Å². The standard InChI is InChI=1S/C11H14ClN3O2S2/c1-7-4-5-9(18-7)8(2)14-19(16,17)11-10(12)15(3)6-13-11/h4-6,8,14H,1-3H3. The summed E-state index contributed by atoms with van der Waals surface area (Å²) in [6, 6.07) is 3.55. The van der Waals surface area contributed by atoms with Gasteiger partial charge in [0.25, 0.3) is 10.0 Å². The molecule has 1 unspecified atom stereocenters. The maximum Gasteiger partial charge on any atom is 0.261 e. The number of imidazole rings is 1. The van der Waals surface area contributed by atoms with E-state index in [9.17, 15) is 8.42 Å². The average Bonchev–Trinajstić information content (AvgIpc) is 2.87. The van der Waals surface area contributed by atoms with Gasteiger partial charge in [-0.3, -0.25) is 0 Å². The van der Waals surface area contributed by atoms with E-state index in [1.165, 1.54) is 10.9 Å². The van der Waals surface area contributed by atoms with Crippen molar-refractivity contribution in [3.8, 4) is 0 Å². The topological polar surface area (TPSA) is 64.0 Å². The predicted octanol–water partition coefficient (Wildman–Crippen LogP) is 2.48. The second-order valence-corrected chi connectivity index (χ2v) is 7.55. The zero-order valence-electron chi connectivity index (χ0n) is 10.7. The normalized spacial score (nSPS) is 13.7. The first-order valence-electron chi connectivity index (χ1n) is 5.57. The van der Waals surface area contributed by atoms with Crippen molar-refractivity contribution in [2.45, 2.75) is 24.9 Å². The SMILES string of the molecule is Cc1ccc(C(C)NS(=O)(=O)c2ncn(C)c2Cl)s1. The van der Waals surface area contributed by atoms with E-state index in [2.05, 4.69) is 9.71 Å². The van der Waals surface area contributed by atoms with Gasteiger partial charge in [0.2, 0.25) is 5.03 Å². The number of aryl methyl sites for hydroxylation is 2. The number of rotatable bonds is 4. The van der Waals surface area contributed by atoms with Crippen molar-refractivity contribution in [2.75, 3.05) is 0 Å². The van der Waals surface area contributed by atoms with Crippen molar-refractivity contribution in [2.24, 2.45) is 7.05 Å². The van der Waals surface area contributed by atoms with Gasteiger partial charge in [-0.25, -0.2) is 18.1 Å². The van der Waals surface area contributed by atoms with Crippen molar-refractivity contribution < 1.29 is 8.42 Å². The van der Waals surface area contributed by atoms with Crippen LogP contribution in [-0.2, 0) is 17.1 Å². The number of nitrogens with zero attached hydrogens (tertiary/aromatic N) is 2. The van der Waals surface area contributed by atoms with Gasteiger partial charge in [0.15, 0.2) is 0 Å². The molecule has 0 fully saturated rings. The molecule has 0 saturated heterocycles. The Morgan fingerprint density at radius 3 is 2.63 bits per heavy atom. The molecule has 104 valence electrons. The molecule has 19 heavy (non-hydrogen) atoms. The van der Waals surface area contributed by atoms with E-state index in [0.717, 1.165) is 9.75 Å². The van der Waals surface area contributed by atoms with Crippen LogP contribution in [0.3, 0.4) is 0 Å². The zero-order chi connectivity index (χ0) is 14.2. The third kappa shape index (κ3) is 3.00.